The highest BCUT2D eigenvalue weighted by atomic mass is 35.5. The lowest BCUT2D eigenvalue weighted by Gasteiger charge is -1.96. The highest BCUT2D eigenvalue weighted by Gasteiger charge is 2.06. The van der Waals surface area contributed by atoms with E-state index in [1.54, 1.807) is 18.2 Å². The molecule has 0 saturated heterocycles. The maximum Gasteiger partial charge on any atom is 0.243 e. The number of hydrogen-bond acceptors (Lipinski definition) is 3. The fraction of sp³-hybridized carbons (Fsp3) is 0.0769. The third-order valence-electron chi connectivity index (χ3n) is 2.32. The van der Waals surface area contributed by atoms with Crippen molar-refractivity contribution in [2.24, 2.45) is 0 Å². The Labute approximate surface area is 109 Å². The summed E-state index contributed by atoms with van der Waals surface area (Å²) in [4.78, 5) is 11.0. The monoisotopic (exact) mass is 262 g/mol. The van der Waals surface area contributed by atoms with Crippen LogP contribution in [0.3, 0.4) is 0 Å². The van der Waals surface area contributed by atoms with Crippen LogP contribution < -0.4 is 5.32 Å². The Morgan fingerprint density at radius 3 is 2.83 bits per heavy atom. The zero-order valence-corrected chi connectivity index (χ0v) is 10.3. The molecule has 0 aliphatic heterocycles. The van der Waals surface area contributed by atoms with Crippen molar-refractivity contribution >= 4 is 17.5 Å². The van der Waals surface area contributed by atoms with Crippen LogP contribution in [-0.4, -0.2) is 11.1 Å². The highest BCUT2D eigenvalue weighted by Crippen LogP contribution is 2.21. The molecule has 1 aromatic carbocycles. The van der Waals surface area contributed by atoms with E-state index in [-0.39, 0.29) is 12.5 Å². The molecular weight excluding hydrogens is 252 g/mol. The number of hydrogen-bond donors (Lipinski definition) is 1. The van der Waals surface area contributed by atoms with E-state index in [0.717, 1.165) is 5.56 Å². The molecule has 0 atom stereocenters. The van der Waals surface area contributed by atoms with Crippen LogP contribution in [0, 0.1) is 0 Å². The van der Waals surface area contributed by atoms with Crippen molar-refractivity contribution in [2.75, 3.05) is 0 Å². The number of nitrogens with one attached hydrogen (secondary N) is 1. The van der Waals surface area contributed by atoms with Gasteiger partial charge in [-0.05, 0) is 18.2 Å². The Morgan fingerprint density at radius 2 is 2.17 bits per heavy atom. The first-order chi connectivity index (χ1) is 8.69. The minimum Gasteiger partial charge on any atom is -0.359 e. The molecule has 2 rings (SSSR count). The summed E-state index contributed by atoms with van der Waals surface area (Å²) < 4.78 is 5.11. The fourth-order valence-electron chi connectivity index (χ4n) is 1.40. The van der Waals surface area contributed by atoms with Crippen LogP contribution in [0.4, 0.5) is 0 Å². The first-order valence-corrected chi connectivity index (χ1v) is 5.68. The van der Waals surface area contributed by atoms with Gasteiger partial charge in [0.1, 0.15) is 5.69 Å². The highest BCUT2D eigenvalue weighted by molar-refractivity contribution is 6.30. The van der Waals surface area contributed by atoms with Crippen LogP contribution in [0.25, 0.3) is 11.3 Å². The van der Waals surface area contributed by atoms with E-state index in [9.17, 15) is 4.79 Å². The number of rotatable bonds is 4. The second kappa shape index (κ2) is 5.51. The maximum absolute atomic E-state index is 11.0. The van der Waals surface area contributed by atoms with E-state index in [4.69, 9.17) is 16.1 Å². The largest absolute Gasteiger partial charge is 0.359 e. The maximum atomic E-state index is 11.0. The van der Waals surface area contributed by atoms with Gasteiger partial charge in [-0.15, -0.1) is 0 Å². The number of aromatic nitrogens is 1. The summed E-state index contributed by atoms with van der Waals surface area (Å²) in [6.07, 6.45) is 1.20. The quantitative estimate of drug-likeness (QED) is 0.862. The first-order valence-electron chi connectivity index (χ1n) is 5.31. The number of amides is 1. The molecule has 18 heavy (non-hydrogen) atoms. The molecule has 0 spiro atoms. The van der Waals surface area contributed by atoms with Crippen LogP contribution in [0.15, 0.2) is 47.5 Å². The Hall–Kier alpha value is -2.07. The second-order valence-corrected chi connectivity index (χ2v) is 4.04. The first kappa shape index (κ1) is 12.4. The van der Waals surface area contributed by atoms with Crippen LogP contribution in [-0.2, 0) is 11.3 Å². The summed E-state index contributed by atoms with van der Waals surface area (Å²) in [6.45, 7) is 3.65. The van der Waals surface area contributed by atoms with E-state index in [1.165, 1.54) is 6.08 Å². The third-order valence-corrected chi connectivity index (χ3v) is 2.57. The van der Waals surface area contributed by atoms with Gasteiger partial charge in [0.05, 0.1) is 6.54 Å². The Kier molecular flexibility index (Phi) is 3.79. The molecule has 4 nitrogen and oxygen atoms in total. The summed E-state index contributed by atoms with van der Waals surface area (Å²) in [7, 11) is 0. The number of benzene rings is 1. The lowest BCUT2D eigenvalue weighted by molar-refractivity contribution is -0.116. The van der Waals surface area contributed by atoms with Crippen molar-refractivity contribution in [1.82, 2.24) is 10.5 Å². The predicted molar refractivity (Wildman–Crippen MR) is 69.0 cm³/mol. The minimum absolute atomic E-state index is 0.251. The van der Waals surface area contributed by atoms with E-state index in [0.29, 0.717) is 16.5 Å². The average molecular weight is 263 g/mol. The summed E-state index contributed by atoms with van der Waals surface area (Å²) in [6, 6.07) is 9.04. The van der Waals surface area contributed by atoms with E-state index in [1.807, 2.05) is 12.1 Å². The Bertz CT molecular complexity index is 561. The van der Waals surface area contributed by atoms with Crippen LogP contribution in [0.1, 0.15) is 5.76 Å². The molecule has 0 aliphatic carbocycles. The minimum atomic E-state index is -0.251. The van der Waals surface area contributed by atoms with Gasteiger partial charge in [0.2, 0.25) is 5.91 Å². The SMILES string of the molecule is C=CC(=O)NCc1cc(-c2ccc(Cl)cc2)no1. The molecule has 92 valence electrons. The normalized spacial score (nSPS) is 10.1. The lowest BCUT2D eigenvalue weighted by Crippen LogP contribution is -2.19. The number of halogens is 1. The molecule has 0 unspecified atom stereocenters. The van der Waals surface area contributed by atoms with Gasteiger partial charge in [0.25, 0.3) is 0 Å². The third kappa shape index (κ3) is 2.99. The second-order valence-electron chi connectivity index (χ2n) is 3.61. The molecule has 0 bridgehead atoms. The summed E-state index contributed by atoms with van der Waals surface area (Å²) in [5, 5.41) is 7.20. The van der Waals surface area contributed by atoms with Crippen molar-refractivity contribution in [3.05, 3.63) is 53.8 Å². The summed E-state index contributed by atoms with van der Waals surface area (Å²) in [5.41, 5.74) is 1.61. The number of nitrogens with zero attached hydrogens (tertiary/aromatic N) is 1. The van der Waals surface area contributed by atoms with E-state index >= 15 is 0 Å². The molecule has 2 aromatic rings. The molecular formula is C13H11ClN2O2. The van der Waals surface area contributed by atoms with Crippen LogP contribution >= 0.6 is 11.6 Å². The molecule has 1 N–H and O–H groups in total. The molecule has 0 aliphatic rings. The Morgan fingerprint density at radius 1 is 1.44 bits per heavy atom. The standard InChI is InChI=1S/C13H11ClN2O2/c1-2-13(17)15-8-11-7-12(16-18-11)9-3-5-10(14)6-4-9/h2-7H,1,8H2,(H,15,17). The molecule has 0 saturated carbocycles. The van der Waals surface area contributed by atoms with Crippen molar-refractivity contribution < 1.29 is 9.32 Å². The predicted octanol–water partition coefficient (Wildman–Crippen LogP) is 2.80. The molecule has 1 heterocycles. The van der Waals surface area contributed by atoms with Gasteiger partial charge in [-0.3, -0.25) is 4.79 Å². The van der Waals surface area contributed by atoms with Crippen molar-refractivity contribution in [3.8, 4) is 11.3 Å². The van der Waals surface area contributed by atoms with Gasteiger partial charge in [-0.1, -0.05) is 35.5 Å². The lowest BCUT2D eigenvalue weighted by atomic mass is 10.1. The van der Waals surface area contributed by atoms with Gasteiger partial charge in [-0.25, -0.2) is 0 Å². The molecule has 0 fully saturated rings. The van der Waals surface area contributed by atoms with Crippen LogP contribution in [0.2, 0.25) is 5.02 Å². The Balaban J connectivity index is 2.08. The van der Waals surface area contributed by atoms with Gasteiger partial charge >= 0.3 is 0 Å². The molecule has 1 amide bonds. The van der Waals surface area contributed by atoms with Gasteiger partial charge < -0.3 is 9.84 Å². The molecule has 1 aromatic heterocycles. The topological polar surface area (TPSA) is 55.1 Å². The van der Waals surface area contributed by atoms with Crippen molar-refractivity contribution in [3.63, 3.8) is 0 Å². The molecule has 0 radical (unpaired) electrons. The summed E-state index contributed by atoms with van der Waals surface area (Å²) in [5.74, 6) is 0.328. The summed E-state index contributed by atoms with van der Waals surface area (Å²) >= 11 is 5.80. The zero-order chi connectivity index (χ0) is 13.0. The fourth-order valence-corrected chi connectivity index (χ4v) is 1.53. The zero-order valence-electron chi connectivity index (χ0n) is 9.52. The smallest absolute Gasteiger partial charge is 0.243 e. The van der Waals surface area contributed by atoms with Crippen molar-refractivity contribution in [1.29, 1.82) is 0 Å². The average Bonchev–Trinajstić information content (AvgIpc) is 2.85. The van der Waals surface area contributed by atoms with Gasteiger partial charge in [0, 0.05) is 16.7 Å². The van der Waals surface area contributed by atoms with Crippen LogP contribution in [0.5, 0.6) is 0 Å². The van der Waals surface area contributed by atoms with E-state index in [2.05, 4.69) is 17.1 Å². The number of carbonyl (C=O) groups excluding carboxylic acids is 1. The molecule has 5 heteroatoms. The van der Waals surface area contributed by atoms with E-state index < -0.39 is 0 Å². The van der Waals surface area contributed by atoms with Gasteiger partial charge in [0.15, 0.2) is 5.76 Å². The van der Waals surface area contributed by atoms with Crippen molar-refractivity contribution in [2.45, 2.75) is 6.54 Å². The van der Waals surface area contributed by atoms with Gasteiger partial charge in [-0.2, -0.15) is 0 Å². The number of carbonyl (C=O) groups is 1.